The minimum Gasteiger partial charge on any atom is -0.388 e. The fraction of sp³-hybridized carbons (Fsp3) is 0.400. The van der Waals surface area contributed by atoms with Crippen LogP contribution in [0.1, 0.15) is 30.0 Å². The highest BCUT2D eigenvalue weighted by Crippen LogP contribution is 2.24. The minimum atomic E-state index is -0.828. The molecule has 1 aliphatic heterocycles. The Morgan fingerprint density at radius 1 is 1.04 bits per heavy atom. The normalized spacial score (nSPS) is 18.0. The van der Waals surface area contributed by atoms with Gasteiger partial charge in [0.05, 0.1) is 5.60 Å². The van der Waals surface area contributed by atoms with Gasteiger partial charge in [0.25, 0.3) is 0 Å². The summed E-state index contributed by atoms with van der Waals surface area (Å²) in [6.45, 7) is 1.45. The Morgan fingerprint density at radius 2 is 1.72 bits per heavy atom. The first-order valence-electron chi connectivity index (χ1n) is 8.58. The molecular weight excluding hydrogens is 324 g/mol. The van der Waals surface area contributed by atoms with Crippen LogP contribution in [0.2, 0.25) is 0 Å². The van der Waals surface area contributed by atoms with E-state index in [1.54, 1.807) is 12.1 Å². The molecule has 0 bridgehead atoms. The maximum atomic E-state index is 13.6. The van der Waals surface area contributed by atoms with Gasteiger partial charge in [0.1, 0.15) is 11.6 Å². The fourth-order valence-electron chi connectivity index (χ4n) is 3.17. The average Bonchev–Trinajstić information content (AvgIpc) is 2.59. The molecule has 134 valence electrons. The number of aliphatic hydroxyl groups is 1. The molecule has 3 nitrogen and oxygen atoms in total. The van der Waals surface area contributed by atoms with Crippen molar-refractivity contribution in [2.45, 2.75) is 30.9 Å². The molecule has 2 N–H and O–H groups in total. The second-order valence-electron chi connectivity index (χ2n) is 6.66. The number of ether oxygens (including phenoxy) is 1. The van der Waals surface area contributed by atoms with E-state index in [2.05, 4.69) is 5.32 Å². The quantitative estimate of drug-likeness (QED) is 0.842. The van der Waals surface area contributed by atoms with Crippen LogP contribution in [-0.2, 0) is 11.2 Å². The van der Waals surface area contributed by atoms with Crippen molar-refractivity contribution in [2.24, 2.45) is 0 Å². The first-order chi connectivity index (χ1) is 12.0. The van der Waals surface area contributed by atoms with Crippen LogP contribution in [0.3, 0.4) is 0 Å². The standard InChI is InChI=1S/C20H23F2NO2/c21-17-5-1-3-15(11-17)12-19(16-4-2-6-18(22)13-16)23-14-20(24)7-9-25-10-8-20/h1-6,11,13,19,23-24H,7-10,12,14H2. The van der Waals surface area contributed by atoms with E-state index in [0.29, 0.717) is 39.0 Å². The Hall–Kier alpha value is -1.82. The van der Waals surface area contributed by atoms with Crippen LogP contribution in [0, 0.1) is 11.6 Å². The fourth-order valence-corrected chi connectivity index (χ4v) is 3.17. The highest BCUT2D eigenvalue weighted by atomic mass is 19.1. The van der Waals surface area contributed by atoms with Crippen LogP contribution in [0.15, 0.2) is 48.5 Å². The first kappa shape index (κ1) is 18.0. The topological polar surface area (TPSA) is 41.5 Å². The molecule has 2 aromatic rings. The summed E-state index contributed by atoms with van der Waals surface area (Å²) in [4.78, 5) is 0. The van der Waals surface area contributed by atoms with Crippen LogP contribution in [0.4, 0.5) is 8.78 Å². The summed E-state index contributed by atoms with van der Waals surface area (Å²) in [5.41, 5.74) is 0.770. The molecule has 0 saturated carbocycles. The van der Waals surface area contributed by atoms with Crippen molar-refractivity contribution in [3.8, 4) is 0 Å². The summed E-state index contributed by atoms with van der Waals surface area (Å²) >= 11 is 0. The number of rotatable bonds is 6. The lowest BCUT2D eigenvalue weighted by molar-refractivity contribution is -0.0628. The van der Waals surface area contributed by atoms with E-state index in [4.69, 9.17) is 4.74 Å². The van der Waals surface area contributed by atoms with Gasteiger partial charge in [0.2, 0.25) is 0 Å². The van der Waals surface area contributed by atoms with Crippen LogP contribution >= 0.6 is 0 Å². The van der Waals surface area contributed by atoms with Crippen molar-refractivity contribution in [2.75, 3.05) is 19.8 Å². The van der Waals surface area contributed by atoms with Gasteiger partial charge in [0.15, 0.2) is 0 Å². The van der Waals surface area contributed by atoms with Crippen molar-refractivity contribution in [3.05, 3.63) is 71.3 Å². The average molecular weight is 347 g/mol. The smallest absolute Gasteiger partial charge is 0.123 e. The molecule has 0 radical (unpaired) electrons. The number of nitrogens with one attached hydrogen (secondary N) is 1. The highest BCUT2D eigenvalue weighted by molar-refractivity contribution is 5.25. The number of hydrogen-bond donors (Lipinski definition) is 2. The zero-order valence-corrected chi connectivity index (χ0v) is 14.1. The summed E-state index contributed by atoms with van der Waals surface area (Å²) in [7, 11) is 0. The van der Waals surface area contributed by atoms with Crippen molar-refractivity contribution in [1.82, 2.24) is 5.32 Å². The van der Waals surface area contributed by atoms with E-state index in [1.807, 2.05) is 12.1 Å². The van der Waals surface area contributed by atoms with E-state index < -0.39 is 5.60 Å². The van der Waals surface area contributed by atoms with Crippen LogP contribution < -0.4 is 5.32 Å². The Labute approximate surface area is 146 Å². The molecule has 0 amide bonds. The first-order valence-corrected chi connectivity index (χ1v) is 8.58. The maximum Gasteiger partial charge on any atom is 0.123 e. The number of benzene rings is 2. The molecule has 1 fully saturated rings. The molecule has 2 aromatic carbocycles. The van der Waals surface area contributed by atoms with Crippen LogP contribution in [0.25, 0.3) is 0 Å². The molecule has 0 spiro atoms. The van der Waals surface area contributed by atoms with E-state index in [0.717, 1.165) is 11.1 Å². The van der Waals surface area contributed by atoms with E-state index in [-0.39, 0.29) is 17.7 Å². The van der Waals surface area contributed by atoms with Gasteiger partial charge in [-0.1, -0.05) is 24.3 Å². The van der Waals surface area contributed by atoms with E-state index in [1.165, 1.54) is 24.3 Å². The third-order valence-electron chi connectivity index (χ3n) is 4.68. The molecule has 0 aromatic heterocycles. The van der Waals surface area contributed by atoms with Crippen LogP contribution in [-0.4, -0.2) is 30.5 Å². The summed E-state index contributed by atoms with van der Waals surface area (Å²) in [6.07, 6.45) is 1.64. The predicted molar refractivity (Wildman–Crippen MR) is 92.3 cm³/mol. The third-order valence-corrected chi connectivity index (χ3v) is 4.68. The van der Waals surface area contributed by atoms with Crippen molar-refractivity contribution >= 4 is 0 Å². The van der Waals surface area contributed by atoms with Gasteiger partial charge in [-0.15, -0.1) is 0 Å². The van der Waals surface area contributed by atoms with Gasteiger partial charge < -0.3 is 15.2 Å². The molecule has 3 rings (SSSR count). The SMILES string of the molecule is OC1(CNC(Cc2cccc(F)c2)c2cccc(F)c2)CCOCC1. The molecule has 1 unspecified atom stereocenters. The molecule has 25 heavy (non-hydrogen) atoms. The largest absolute Gasteiger partial charge is 0.388 e. The van der Waals surface area contributed by atoms with Crippen molar-refractivity contribution in [3.63, 3.8) is 0 Å². The van der Waals surface area contributed by atoms with Crippen molar-refractivity contribution < 1.29 is 18.6 Å². The number of hydrogen-bond acceptors (Lipinski definition) is 3. The Morgan fingerprint density at radius 3 is 2.40 bits per heavy atom. The lowest BCUT2D eigenvalue weighted by Gasteiger charge is -2.34. The summed E-state index contributed by atoms with van der Waals surface area (Å²) < 4.78 is 32.4. The van der Waals surface area contributed by atoms with Gasteiger partial charge >= 0.3 is 0 Å². The summed E-state index contributed by atoms with van der Waals surface area (Å²) in [5, 5.41) is 14.0. The second kappa shape index (κ2) is 8.04. The third kappa shape index (κ3) is 5.08. The lowest BCUT2D eigenvalue weighted by atomic mass is 9.92. The van der Waals surface area contributed by atoms with Gasteiger partial charge in [-0.25, -0.2) is 8.78 Å². The molecular formula is C20H23F2NO2. The Kier molecular flexibility index (Phi) is 5.78. The van der Waals surface area contributed by atoms with Crippen LogP contribution in [0.5, 0.6) is 0 Å². The molecule has 1 saturated heterocycles. The van der Waals surface area contributed by atoms with Gasteiger partial charge in [0, 0.05) is 38.6 Å². The Bertz CT molecular complexity index is 702. The van der Waals surface area contributed by atoms with E-state index in [9.17, 15) is 13.9 Å². The minimum absolute atomic E-state index is 0.218. The zero-order chi connectivity index (χ0) is 17.7. The summed E-state index contributed by atoms with van der Waals surface area (Å²) in [5.74, 6) is -0.605. The second-order valence-corrected chi connectivity index (χ2v) is 6.66. The summed E-state index contributed by atoms with van der Waals surface area (Å²) in [6, 6.07) is 12.6. The molecule has 1 heterocycles. The van der Waals surface area contributed by atoms with Gasteiger partial charge in [-0.2, -0.15) is 0 Å². The predicted octanol–water partition coefficient (Wildman–Crippen LogP) is 3.38. The van der Waals surface area contributed by atoms with E-state index >= 15 is 0 Å². The Balaban J connectivity index is 1.76. The molecule has 1 aliphatic rings. The highest BCUT2D eigenvalue weighted by Gasteiger charge is 2.30. The molecule has 0 aliphatic carbocycles. The molecule has 5 heteroatoms. The monoisotopic (exact) mass is 347 g/mol. The van der Waals surface area contributed by atoms with Crippen molar-refractivity contribution in [1.29, 1.82) is 0 Å². The molecule has 1 atom stereocenters. The van der Waals surface area contributed by atoms with Gasteiger partial charge in [-0.3, -0.25) is 0 Å². The lowest BCUT2D eigenvalue weighted by Crippen LogP contribution is -2.46. The maximum absolute atomic E-state index is 13.6. The number of halogens is 2. The zero-order valence-electron chi connectivity index (χ0n) is 14.1. The van der Waals surface area contributed by atoms with Gasteiger partial charge in [-0.05, 0) is 41.8 Å².